The minimum absolute atomic E-state index is 0.163. The standard InChI is InChI=1S/C10H9NO2/c11-10(2-1-7-12)8-3-5-9(13)6-4-8/h1-7,11,13H/b2-1-,11-10?. The van der Waals surface area contributed by atoms with Crippen LogP contribution in [0.4, 0.5) is 0 Å². The fourth-order valence-electron chi connectivity index (χ4n) is 0.873. The molecule has 0 aliphatic heterocycles. The number of phenolic OH excluding ortho intramolecular Hbond substituents is 1. The van der Waals surface area contributed by atoms with E-state index in [2.05, 4.69) is 0 Å². The number of benzene rings is 1. The molecule has 2 N–H and O–H groups in total. The molecule has 1 rings (SSSR count). The van der Waals surface area contributed by atoms with Gasteiger partial charge in [-0.3, -0.25) is 4.79 Å². The Bertz CT molecular complexity index is 338. The number of carbonyl (C=O) groups is 1. The van der Waals surface area contributed by atoms with Crippen LogP contribution in [0, 0.1) is 5.41 Å². The quantitative estimate of drug-likeness (QED) is 0.415. The molecule has 1 aromatic rings. The normalized spacial score (nSPS) is 10.2. The Kier molecular flexibility index (Phi) is 2.97. The summed E-state index contributed by atoms with van der Waals surface area (Å²) in [6.45, 7) is 0. The molecule has 0 saturated heterocycles. The first-order valence-corrected chi connectivity index (χ1v) is 3.74. The number of rotatable bonds is 3. The van der Waals surface area contributed by atoms with Gasteiger partial charge in [0.15, 0.2) is 0 Å². The van der Waals surface area contributed by atoms with Gasteiger partial charge in [-0.25, -0.2) is 0 Å². The molecular weight excluding hydrogens is 166 g/mol. The van der Waals surface area contributed by atoms with Crippen molar-refractivity contribution in [1.82, 2.24) is 0 Å². The zero-order valence-electron chi connectivity index (χ0n) is 6.90. The van der Waals surface area contributed by atoms with Gasteiger partial charge in [0.1, 0.15) is 12.0 Å². The van der Waals surface area contributed by atoms with Crippen molar-refractivity contribution in [3.8, 4) is 5.75 Å². The first-order chi connectivity index (χ1) is 6.24. The predicted molar refractivity (Wildman–Crippen MR) is 50.1 cm³/mol. The van der Waals surface area contributed by atoms with Gasteiger partial charge in [0.25, 0.3) is 0 Å². The summed E-state index contributed by atoms with van der Waals surface area (Å²) >= 11 is 0. The van der Waals surface area contributed by atoms with Gasteiger partial charge in [-0.05, 0) is 42.0 Å². The Hall–Kier alpha value is -1.90. The second kappa shape index (κ2) is 4.21. The van der Waals surface area contributed by atoms with Gasteiger partial charge in [-0.15, -0.1) is 0 Å². The summed E-state index contributed by atoms with van der Waals surface area (Å²) in [6.07, 6.45) is 3.28. The minimum atomic E-state index is 0.163. The summed E-state index contributed by atoms with van der Waals surface area (Å²) < 4.78 is 0. The zero-order valence-corrected chi connectivity index (χ0v) is 6.90. The molecule has 0 heterocycles. The van der Waals surface area contributed by atoms with Gasteiger partial charge in [0.05, 0.1) is 5.71 Å². The number of phenols is 1. The topological polar surface area (TPSA) is 61.2 Å². The molecule has 0 bridgehead atoms. The lowest BCUT2D eigenvalue weighted by molar-refractivity contribution is -0.104. The lowest BCUT2D eigenvalue weighted by Gasteiger charge is -1.97. The Balaban J connectivity index is 2.83. The molecule has 13 heavy (non-hydrogen) atoms. The lowest BCUT2D eigenvalue weighted by Crippen LogP contribution is -1.93. The maximum Gasteiger partial charge on any atom is 0.142 e. The Morgan fingerprint density at radius 2 is 1.92 bits per heavy atom. The monoisotopic (exact) mass is 175 g/mol. The van der Waals surface area contributed by atoms with Crippen molar-refractivity contribution in [1.29, 1.82) is 5.41 Å². The average molecular weight is 175 g/mol. The number of nitrogens with one attached hydrogen (secondary N) is 1. The molecule has 3 nitrogen and oxygen atoms in total. The second-order valence-electron chi connectivity index (χ2n) is 2.46. The highest BCUT2D eigenvalue weighted by molar-refractivity contribution is 6.07. The molecule has 0 unspecified atom stereocenters. The van der Waals surface area contributed by atoms with Crippen LogP contribution >= 0.6 is 0 Å². The van der Waals surface area contributed by atoms with Crippen molar-refractivity contribution in [3.63, 3.8) is 0 Å². The van der Waals surface area contributed by atoms with Crippen molar-refractivity contribution in [2.45, 2.75) is 0 Å². The van der Waals surface area contributed by atoms with Crippen LogP contribution < -0.4 is 0 Å². The number of hydrogen-bond donors (Lipinski definition) is 2. The van der Waals surface area contributed by atoms with Crippen LogP contribution in [0.2, 0.25) is 0 Å². The van der Waals surface area contributed by atoms with E-state index in [0.29, 0.717) is 11.8 Å². The molecule has 66 valence electrons. The van der Waals surface area contributed by atoms with E-state index in [1.807, 2.05) is 0 Å². The number of aldehydes is 1. The van der Waals surface area contributed by atoms with Crippen LogP contribution in [0.25, 0.3) is 0 Å². The third-order valence-electron chi connectivity index (χ3n) is 1.52. The first kappa shape index (κ1) is 9.19. The largest absolute Gasteiger partial charge is 0.508 e. The molecule has 0 saturated carbocycles. The van der Waals surface area contributed by atoms with Crippen molar-refractivity contribution in [2.24, 2.45) is 0 Å². The third-order valence-corrected chi connectivity index (χ3v) is 1.52. The van der Waals surface area contributed by atoms with E-state index in [9.17, 15) is 4.79 Å². The van der Waals surface area contributed by atoms with Gasteiger partial charge >= 0.3 is 0 Å². The molecule has 0 aliphatic carbocycles. The zero-order chi connectivity index (χ0) is 9.68. The highest BCUT2D eigenvalue weighted by atomic mass is 16.3. The molecule has 0 aliphatic rings. The Morgan fingerprint density at radius 1 is 1.31 bits per heavy atom. The van der Waals surface area contributed by atoms with Gasteiger partial charge in [-0.1, -0.05) is 0 Å². The summed E-state index contributed by atoms with van der Waals surface area (Å²) in [7, 11) is 0. The van der Waals surface area contributed by atoms with Gasteiger partial charge < -0.3 is 10.5 Å². The van der Waals surface area contributed by atoms with Crippen molar-refractivity contribution < 1.29 is 9.90 Å². The first-order valence-electron chi connectivity index (χ1n) is 3.74. The van der Waals surface area contributed by atoms with E-state index in [1.54, 1.807) is 12.1 Å². The molecule has 0 atom stereocenters. The van der Waals surface area contributed by atoms with Gasteiger partial charge in [0.2, 0.25) is 0 Å². The number of aromatic hydroxyl groups is 1. The van der Waals surface area contributed by atoms with Crippen molar-refractivity contribution in [3.05, 3.63) is 42.0 Å². The fourth-order valence-corrected chi connectivity index (χ4v) is 0.873. The smallest absolute Gasteiger partial charge is 0.142 e. The van der Waals surface area contributed by atoms with E-state index in [-0.39, 0.29) is 11.5 Å². The average Bonchev–Trinajstić information content (AvgIpc) is 2.15. The van der Waals surface area contributed by atoms with E-state index in [0.717, 1.165) is 0 Å². The summed E-state index contributed by atoms with van der Waals surface area (Å²) in [5, 5.41) is 16.4. The van der Waals surface area contributed by atoms with E-state index >= 15 is 0 Å². The SMILES string of the molecule is N=C(/C=C\C=O)c1ccc(O)cc1. The molecule has 0 aromatic heterocycles. The van der Waals surface area contributed by atoms with Crippen LogP contribution in [0.15, 0.2) is 36.4 Å². The Morgan fingerprint density at radius 3 is 2.46 bits per heavy atom. The summed E-state index contributed by atoms with van der Waals surface area (Å²) in [5.74, 6) is 0.163. The molecule has 0 radical (unpaired) electrons. The highest BCUT2D eigenvalue weighted by Gasteiger charge is 1.95. The maximum atomic E-state index is 9.97. The molecular formula is C10H9NO2. The van der Waals surface area contributed by atoms with Crippen LogP contribution in [0.1, 0.15) is 5.56 Å². The molecule has 3 heteroatoms. The van der Waals surface area contributed by atoms with Gasteiger partial charge in [0, 0.05) is 0 Å². The molecule has 0 fully saturated rings. The fraction of sp³-hybridized carbons (Fsp3) is 0. The minimum Gasteiger partial charge on any atom is -0.508 e. The summed E-state index contributed by atoms with van der Waals surface area (Å²) in [5.41, 5.74) is 0.906. The number of carbonyl (C=O) groups excluding carboxylic acids is 1. The van der Waals surface area contributed by atoms with E-state index in [1.165, 1.54) is 24.3 Å². The number of allylic oxidation sites excluding steroid dienone is 2. The molecule has 0 amide bonds. The predicted octanol–water partition coefficient (Wildman–Crippen LogP) is 1.52. The molecule has 1 aromatic carbocycles. The second-order valence-corrected chi connectivity index (χ2v) is 2.46. The van der Waals surface area contributed by atoms with Crippen molar-refractivity contribution >= 4 is 12.0 Å². The maximum absolute atomic E-state index is 9.97. The Labute approximate surface area is 75.8 Å². The molecule has 0 spiro atoms. The van der Waals surface area contributed by atoms with Crippen LogP contribution in [0.3, 0.4) is 0 Å². The van der Waals surface area contributed by atoms with E-state index < -0.39 is 0 Å². The highest BCUT2D eigenvalue weighted by Crippen LogP contribution is 2.10. The lowest BCUT2D eigenvalue weighted by atomic mass is 10.1. The van der Waals surface area contributed by atoms with Crippen LogP contribution in [-0.4, -0.2) is 17.1 Å². The summed E-state index contributed by atoms with van der Waals surface area (Å²) in [6, 6.07) is 6.23. The van der Waals surface area contributed by atoms with E-state index in [4.69, 9.17) is 10.5 Å². The number of hydrogen-bond acceptors (Lipinski definition) is 3. The summed E-state index contributed by atoms with van der Waals surface area (Å²) in [4.78, 5) is 9.97. The van der Waals surface area contributed by atoms with Crippen molar-refractivity contribution in [2.75, 3.05) is 0 Å². The van der Waals surface area contributed by atoms with Crippen LogP contribution in [0.5, 0.6) is 5.75 Å². The van der Waals surface area contributed by atoms with Crippen LogP contribution in [-0.2, 0) is 4.79 Å². The third kappa shape index (κ3) is 2.56. The van der Waals surface area contributed by atoms with Gasteiger partial charge in [-0.2, -0.15) is 0 Å².